The van der Waals surface area contributed by atoms with Crippen molar-refractivity contribution in [1.82, 2.24) is 9.55 Å². The van der Waals surface area contributed by atoms with Gasteiger partial charge in [0.25, 0.3) is 0 Å². The van der Waals surface area contributed by atoms with Gasteiger partial charge in [0.1, 0.15) is 12.2 Å². The molecule has 0 aliphatic heterocycles. The summed E-state index contributed by atoms with van der Waals surface area (Å²) in [5.74, 6) is 0.679. The van der Waals surface area contributed by atoms with E-state index in [4.69, 9.17) is 28.3 Å². The van der Waals surface area contributed by atoms with E-state index in [1.807, 2.05) is 25.2 Å². The first-order valence-electron chi connectivity index (χ1n) is 6.61. The smallest absolute Gasteiger partial charge is 0.311 e. The molecule has 0 aliphatic carbocycles. The summed E-state index contributed by atoms with van der Waals surface area (Å²) in [6.45, 7) is 1.41. The Kier molecular flexibility index (Phi) is 5.31. The fourth-order valence-corrected chi connectivity index (χ4v) is 2.71. The van der Waals surface area contributed by atoms with Crippen molar-refractivity contribution in [3.05, 3.63) is 24.0 Å². The second-order valence-electron chi connectivity index (χ2n) is 4.70. The number of carbonyl (C=O) groups is 1. The van der Waals surface area contributed by atoms with Crippen LogP contribution in [-0.4, -0.2) is 45.5 Å². The van der Waals surface area contributed by atoms with Gasteiger partial charge >= 0.3 is 5.97 Å². The molecule has 0 atom stereocenters. The normalized spacial score (nSPS) is 11.0. The number of rotatable bonds is 7. The third-order valence-corrected chi connectivity index (χ3v) is 3.68. The Bertz CT molecular complexity index is 636. The molecule has 0 amide bonds. The van der Waals surface area contributed by atoms with E-state index in [0.29, 0.717) is 30.7 Å². The lowest BCUT2D eigenvalue weighted by molar-refractivity contribution is -0.136. The number of alkyl halides is 2. The largest absolute Gasteiger partial charge is 0.481 e. The maximum atomic E-state index is 10.9. The zero-order valence-corrected chi connectivity index (χ0v) is 13.2. The van der Waals surface area contributed by atoms with Crippen LogP contribution in [0.4, 0.5) is 5.69 Å². The minimum atomic E-state index is -0.889. The number of benzene rings is 1. The first-order valence-corrected chi connectivity index (χ1v) is 7.67. The standard InChI is InChI=1S/C14H17Cl2N3O2/c1-18-12-3-2-10(19(6-4-15)7-5-16)8-11(12)17-13(18)9-14(20)21/h2-3,8H,4-7,9H2,1H3,(H,20,21). The molecular formula is C14H17Cl2N3O2. The Labute approximate surface area is 133 Å². The van der Waals surface area contributed by atoms with Gasteiger partial charge in [-0.15, -0.1) is 23.2 Å². The Morgan fingerprint density at radius 3 is 2.57 bits per heavy atom. The van der Waals surface area contributed by atoms with Crippen LogP contribution in [0.5, 0.6) is 0 Å². The van der Waals surface area contributed by atoms with Gasteiger partial charge in [-0.25, -0.2) is 4.98 Å². The van der Waals surface area contributed by atoms with E-state index in [2.05, 4.69) is 9.88 Å². The lowest BCUT2D eigenvalue weighted by Gasteiger charge is -2.22. The van der Waals surface area contributed by atoms with E-state index in [1.165, 1.54) is 0 Å². The Morgan fingerprint density at radius 1 is 1.33 bits per heavy atom. The number of hydrogen-bond acceptors (Lipinski definition) is 3. The fraction of sp³-hybridized carbons (Fsp3) is 0.429. The highest BCUT2D eigenvalue weighted by Gasteiger charge is 2.13. The van der Waals surface area contributed by atoms with E-state index in [0.717, 1.165) is 16.7 Å². The van der Waals surface area contributed by atoms with Crippen molar-refractivity contribution in [2.45, 2.75) is 6.42 Å². The molecule has 0 saturated heterocycles. The summed E-state index contributed by atoms with van der Waals surface area (Å²) in [5.41, 5.74) is 2.68. The van der Waals surface area contributed by atoms with E-state index in [-0.39, 0.29) is 6.42 Å². The Morgan fingerprint density at radius 2 is 2.00 bits per heavy atom. The second kappa shape index (κ2) is 7.00. The van der Waals surface area contributed by atoms with Crippen molar-refractivity contribution in [2.24, 2.45) is 7.05 Å². The molecule has 0 spiro atoms. The molecule has 1 N–H and O–H groups in total. The monoisotopic (exact) mass is 329 g/mol. The number of carboxylic acid groups (broad SMARTS) is 1. The van der Waals surface area contributed by atoms with Gasteiger partial charge in [0.05, 0.1) is 11.0 Å². The molecule has 0 bridgehead atoms. The molecule has 2 aromatic rings. The molecule has 0 fully saturated rings. The third kappa shape index (κ3) is 3.60. The minimum absolute atomic E-state index is 0.0897. The van der Waals surface area contributed by atoms with Crippen LogP contribution in [-0.2, 0) is 18.3 Å². The fourth-order valence-electron chi connectivity index (χ4n) is 2.30. The van der Waals surface area contributed by atoms with Crippen molar-refractivity contribution in [2.75, 3.05) is 29.7 Å². The quantitative estimate of drug-likeness (QED) is 0.793. The number of aryl methyl sites for hydroxylation is 1. The molecule has 1 aromatic carbocycles. The molecule has 21 heavy (non-hydrogen) atoms. The number of halogens is 2. The van der Waals surface area contributed by atoms with Crippen LogP contribution in [0.15, 0.2) is 18.2 Å². The first kappa shape index (κ1) is 15.9. The highest BCUT2D eigenvalue weighted by molar-refractivity contribution is 6.18. The van der Waals surface area contributed by atoms with Crippen LogP contribution in [0.2, 0.25) is 0 Å². The number of carboxylic acids is 1. The summed E-state index contributed by atoms with van der Waals surface area (Å²) in [4.78, 5) is 17.3. The maximum absolute atomic E-state index is 10.9. The maximum Gasteiger partial charge on any atom is 0.311 e. The molecule has 2 rings (SSSR count). The van der Waals surface area contributed by atoms with Crippen LogP contribution in [0, 0.1) is 0 Å². The van der Waals surface area contributed by atoms with Crippen LogP contribution in [0.3, 0.4) is 0 Å². The average Bonchev–Trinajstić information content (AvgIpc) is 2.74. The average molecular weight is 330 g/mol. The number of imidazole rings is 1. The van der Waals surface area contributed by atoms with Gasteiger partial charge in [-0.3, -0.25) is 4.79 Å². The number of anilines is 1. The zero-order valence-electron chi connectivity index (χ0n) is 11.7. The minimum Gasteiger partial charge on any atom is -0.481 e. The summed E-state index contributed by atoms with van der Waals surface area (Å²) >= 11 is 11.6. The predicted octanol–water partition coefficient (Wildman–Crippen LogP) is 2.48. The van der Waals surface area contributed by atoms with Crippen molar-refractivity contribution < 1.29 is 9.90 Å². The van der Waals surface area contributed by atoms with Crippen LogP contribution in [0.25, 0.3) is 11.0 Å². The molecule has 0 aliphatic rings. The first-order chi connectivity index (χ1) is 10.1. The van der Waals surface area contributed by atoms with Crippen LogP contribution < -0.4 is 4.90 Å². The number of aromatic nitrogens is 2. The van der Waals surface area contributed by atoms with Crippen molar-refractivity contribution in [3.63, 3.8) is 0 Å². The van der Waals surface area contributed by atoms with E-state index in [9.17, 15) is 4.79 Å². The molecular weight excluding hydrogens is 313 g/mol. The number of hydrogen-bond donors (Lipinski definition) is 1. The summed E-state index contributed by atoms with van der Waals surface area (Å²) in [6.07, 6.45) is -0.0897. The van der Waals surface area contributed by atoms with E-state index in [1.54, 1.807) is 4.57 Å². The second-order valence-corrected chi connectivity index (χ2v) is 5.45. The van der Waals surface area contributed by atoms with Crippen molar-refractivity contribution in [3.8, 4) is 0 Å². The summed E-state index contributed by atoms with van der Waals surface area (Å²) in [7, 11) is 1.82. The van der Waals surface area contributed by atoms with Gasteiger partial charge in [-0.2, -0.15) is 0 Å². The lowest BCUT2D eigenvalue weighted by Crippen LogP contribution is -2.27. The van der Waals surface area contributed by atoms with Gasteiger partial charge in [-0.1, -0.05) is 0 Å². The van der Waals surface area contributed by atoms with E-state index >= 15 is 0 Å². The number of fused-ring (bicyclic) bond motifs is 1. The van der Waals surface area contributed by atoms with Gasteiger partial charge in [0.2, 0.25) is 0 Å². The van der Waals surface area contributed by atoms with Crippen LogP contribution >= 0.6 is 23.2 Å². The molecule has 1 aromatic heterocycles. The number of nitrogens with zero attached hydrogens (tertiary/aromatic N) is 3. The highest BCUT2D eigenvalue weighted by Crippen LogP contribution is 2.23. The Balaban J connectivity index is 2.38. The summed E-state index contributed by atoms with van der Waals surface area (Å²) in [5, 5.41) is 8.91. The highest BCUT2D eigenvalue weighted by atomic mass is 35.5. The molecule has 1 heterocycles. The van der Waals surface area contributed by atoms with Crippen molar-refractivity contribution in [1.29, 1.82) is 0 Å². The predicted molar refractivity (Wildman–Crippen MR) is 85.7 cm³/mol. The lowest BCUT2D eigenvalue weighted by atomic mass is 10.2. The molecule has 5 nitrogen and oxygen atoms in total. The third-order valence-electron chi connectivity index (χ3n) is 3.34. The Hall–Kier alpha value is -1.46. The van der Waals surface area contributed by atoms with Gasteiger partial charge in [-0.05, 0) is 18.2 Å². The van der Waals surface area contributed by atoms with E-state index < -0.39 is 5.97 Å². The molecule has 0 unspecified atom stereocenters. The van der Waals surface area contributed by atoms with Crippen LogP contribution in [0.1, 0.15) is 5.82 Å². The van der Waals surface area contributed by atoms with Gasteiger partial charge in [0, 0.05) is 37.6 Å². The van der Waals surface area contributed by atoms with Gasteiger partial charge in [0.15, 0.2) is 0 Å². The zero-order chi connectivity index (χ0) is 15.4. The summed E-state index contributed by atoms with van der Waals surface area (Å²) in [6, 6.07) is 5.87. The molecule has 0 radical (unpaired) electrons. The molecule has 114 valence electrons. The molecule has 0 saturated carbocycles. The SMILES string of the molecule is Cn1c(CC(=O)O)nc2cc(N(CCCl)CCCl)ccc21. The molecule has 7 heteroatoms. The topological polar surface area (TPSA) is 58.4 Å². The number of aliphatic carboxylic acids is 1. The van der Waals surface area contributed by atoms with Crippen molar-refractivity contribution >= 4 is 45.9 Å². The van der Waals surface area contributed by atoms with Gasteiger partial charge < -0.3 is 14.6 Å². The summed E-state index contributed by atoms with van der Waals surface area (Å²) < 4.78 is 1.81.